The lowest BCUT2D eigenvalue weighted by Crippen LogP contribution is -2.18. The Morgan fingerprint density at radius 2 is 0.600 bits per heavy atom. The molecule has 0 N–H and O–H groups in total. The summed E-state index contributed by atoms with van der Waals surface area (Å²) in [5.74, 6) is -2.86. The molecule has 1 aliphatic heterocycles. The van der Waals surface area contributed by atoms with Gasteiger partial charge in [0.05, 0.1) is 52.9 Å². The van der Waals surface area contributed by atoms with Crippen LogP contribution in [0.25, 0.3) is 0 Å². The van der Waals surface area contributed by atoms with Crippen molar-refractivity contribution in [2.24, 2.45) is 0 Å². The minimum absolute atomic E-state index is 0.0343. The van der Waals surface area contributed by atoms with E-state index in [0.717, 1.165) is 0 Å². The predicted molar refractivity (Wildman–Crippen MR) is 133 cm³/mol. The van der Waals surface area contributed by atoms with Crippen molar-refractivity contribution < 1.29 is 57.1 Å². The van der Waals surface area contributed by atoms with Gasteiger partial charge in [-0.1, -0.05) is 12.1 Å². The van der Waals surface area contributed by atoms with E-state index < -0.39 is 23.9 Å². The highest BCUT2D eigenvalue weighted by molar-refractivity contribution is 5.92. The van der Waals surface area contributed by atoms with Crippen molar-refractivity contribution >= 4 is 23.9 Å². The molecule has 3 rings (SSSR count). The van der Waals surface area contributed by atoms with Gasteiger partial charge in [-0.25, -0.2) is 29.1 Å². The van der Waals surface area contributed by atoms with Crippen molar-refractivity contribution in [3.63, 3.8) is 0 Å². The molecule has 2 aromatic rings. The third-order valence-electron chi connectivity index (χ3n) is 4.92. The first-order valence-corrected chi connectivity index (χ1v) is 12.5. The van der Waals surface area contributed by atoms with Gasteiger partial charge in [-0.2, -0.15) is 0 Å². The maximum atomic E-state index is 12.2. The lowest BCUT2D eigenvalue weighted by Gasteiger charge is -2.09. The largest absolute Gasteiger partial charge is 0.459 e. The number of aromatic nitrogens is 2. The molecule has 0 aromatic carbocycles. The van der Waals surface area contributed by atoms with Crippen LogP contribution in [0.2, 0.25) is 0 Å². The summed E-state index contributed by atoms with van der Waals surface area (Å²) in [4.78, 5) is 56.8. The molecule has 3 heterocycles. The summed E-state index contributed by atoms with van der Waals surface area (Å²) < 4.78 is 41.8. The quantitative estimate of drug-likeness (QED) is 0.328. The fourth-order valence-electron chi connectivity index (χ4n) is 3.04. The van der Waals surface area contributed by atoms with Crippen LogP contribution in [0.5, 0.6) is 0 Å². The molecule has 2 aromatic heterocycles. The molecule has 14 heteroatoms. The van der Waals surface area contributed by atoms with Crippen LogP contribution in [0.1, 0.15) is 42.0 Å². The smallest absolute Gasteiger partial charge is 0.357 e. The minimum atomic E-state index is -0.714. The third kappa shape index (κ3) is 11.0. The summed E-state index contributed by atoms with van der Waals surface area (Å²) in [5, 5.41) is 0. The van der Waals surface area contributed by atoms with Crippen molar-refractivity contribution in [1.82, 2.24) is 9.97 Å². The summed E-state index contributed by atoms with van der Waals surface area (Å²) in [7, 11) is 0. The normalized spacial score (nSPS) is 18.4. The van der Waals surface area contributed by atoms with Gasteiger partial charge >= 0.3 is 23.9 Å². The summed E-state index contributed by atoms with van der Waals surface area (Å²) in [6.45, 7) is 1.17. The second-order valence-electron chi connectivity index (χ2n) is 7.81. The first-order valence-electron chi connectivity index (χ1n) is 12.5. The fraction of sp³-hybridized carbons (Fsp3) is 0.462. The number of nitrogens with zero attached hydrogens (tertiary/aromatic N) is 2. The number of pyridine rings is 2. The van der Waals surface area contributed by atoms with E-state index in [2.05, 4.69) is 9.97 Å². The number of rotatable bonds is 0. The van der Waals surface area contributed by atoms with Gasteiger partial charge in [0.25, 0.3) is 0 Å². The van der Waals surface area contributed by atoms with Crippen LogP contribution < -0.4 is 0 Å². The lowest BCUT2D eigenvalue weighted by molar-refractivity contribution is 0.00116. The van der Waals surface area contributed by atoms with Crippen LogP contribution in [0.4, 0.5) is 0 Å². The zero-order valence-corrected chi connectivity index (χ0v) is 21.7. The lowest BCUT2D eigenvalue weighted by atomic mass is 10.3. The molecule has 0 amide bonds. The number of fused-ring (bicyclic) bond motifs is 4. The van der Waals surface area contributed by atoms with Crippen LogP contribution in [0.3, 0.4) is 0 Å². The maximum absolute atomic E-state index is 12.2. The van der Waals surface area contributed by atoms with Gasteiger partial charge in [-0.05, 0) is 24.3 Å². The van der Waals surface area contributed by atoms with E-state index in [9.17, 15) is 19.2 Å². The number of ether oxygens (including phenoxy) is 8. The molecule has 40 heavy (non-hydrogen) atoms. The molecule has 0 spiro atoms. The highest BCUT2D eigenvalue weighted by atomic mass is 16.6. The van der Waals surface area contributed by atoms with Gasteiger partial charge in [-0.3, -0.25) is 0 Å². The Morgan fingerprint density at radius 3 is 0.850 bits per heavy atom. The minimum Gasteiger partial charge on any atom is -0.459 e. The summed E-state index contributed by atoms with van der Waals surface area (Å²) in [6, 6.07) is 8.65. The van der Waals surface area contributed by atoms with Gasteiger partial charge in [0, 0.05) is 0 Å². The Bertz CT molecular complexity index is 960. The van der Waals surface area contributed by atoms with Gasteiger partial charge in [0.15, 0.2) is 0 Å². The SMILES string of the molecule is O=C1OCCOCCOCCOC(=O)c2cccc(n2)C(=O)OCCOCCOCCOC(=O)c2cccc1n2. The number of cyclic esters (lactones) is 4. The molecule has 0 saturated heterocycles. The van der Waals surface area contributed by atoms with Crippen LogP contribution in [0.15, 0.2) is 36.4 Å². The molecule has 0 atom stereocenters. The Morgan fingerprint density at radius 1 is 0.375 bits per heavy atom. The molecule has 0 fully saturated rings. The van der Waals surface area contributed by atoms with E-state index in [1.165, 1.54) is 36.4 Å². The predicted octanol–water partition coefficient (Wildman–Crippen LogP) is 0.884. The number of carbonyl (C=O) groups excluding carboxylic acids is 4. The van der Waals surface area contributed by atoms with Crippen molar-refractivity contribution in [3.05, 3.63) is 59.2 Å². The second kappa shape index (κ2) is 17.6. The third-order valence-corrected chi connectivity index (χ3v) is 4.92. The molecule has 0 aliphatic carbocycles. The first-order chi connectivity index (χ1) is 19.5. The highest BCUT2D eigenvalue weighted by Gasteiger charge is 2.16. The molecule has 0 radical (unpaired) electrons. The Labute approximate surface area is 229 Å². The number of hydrogen-bond donors (Lipinski definition) is 0. The van der Waals surface area contributed by atoms with Gasteiger partial charge in [0.2, 0.25) is 0 Å². The Hall–Kier alpha value is -3.98. The molecular weight excluding hydrogens is 532 g/mol. The van der Waals surface area contributed by atoms with Crippen molar-refractivity contribution in [3.8, 4) is 0 Å². The topological polar surface area (TPSA) is 168 Å². The Kier molecular flexibility index (Phi) is 13.4. The number of esters is 4. The number of carbonyl (C=O) groups is 4. The van der Waals surface area contributed by atoms with Crippen LogP contribution in [-0.4, -0.2) is 113 Å². The molecule has 4 bridgehead atoms. The molecule has 14 nitrogen and oxygen atoms in total. The average molecular weight is 563 g/mol. The van der Waals surface area contributed by atoms with E-state index in [-0.39, 0.29) is 102 Å². The highest BCUT2D eigenvalue weighted by Crippen LogP contribution is 2.05. The maximum Gasteiger partial charge on any atom is 0.357 e. The van der Waals surface area contributed by atoms with E-state index in [1.807, 2.05) is 0 Å². The molecule has 216 valence electrons. The first kappa shape index (κ1) is 30.6. The summed E-state index contributed by atoms with van der Waals surface area (Å²) in [5.41, 5.74) is -0.193. The summed E-state index contributed by atoms with van der Waals surface area (Å²) in [6.07, 6.45) is 0. The van der Waals surface area contributed by atoms with Crippen molar-refractivity contribution in [2.45, 2.75) is 0 Å². The standard InChI is InChI=1S/C26H30N2O12/c29-23-19-3-1-4-20(27-19)24(30)38-16-12-34-8-10-36-14-18-40-26(32)22-6-2-5-21(28-22)25(31)39-17-13-35-9-7-33-11-15-37-23/h1-6H,7-18H2. The molecule has 0 unspecified atom stereocenters. The Balaban J connectivity index is 1.49. The monoisotopic (exact) mass is 562 g/mol. The average Bonchev–Trinajstić information content (AvgIpc) is 2.98. The zero-order chi connectivity index (χ0) is 28.4. The van der Waals surface area contributed by atoms with E-state index in [0.29, 0.717) is 0 Å². The van der Waals surface area contributed by atoms with Crippen molar-refractivity contribution in [1.29, 1.82) is 0 Å². The second-order valence-corrected chi connectivity index (χ2v) is 7.81. The fourth-order valence-corrected chi connectivity index (χ4v) is 3.04. The molecule has 0 saturated carbocycles. The van der Waals surface area contributed by atoms with Gasteiger partial charge in [-0.15, -0.1) is 0 Å². The van der Waals surface area contributed by atoms with Crippen LogP contribution in [0, 0.1) is 0 Å². The van der Waals surface area contributed by atoms with Crippen LogP contribution in [-0.2, 0) is 37.9 Å². The van der Waals surface area contributed by atoms with E-state index >= 15 is 0 Å². The van der Waals surface area contributed by atoms with Crippen molar-refractivity contribution in [2.75, 3.05) is 79.3 Å². The summed E-state index contributed by atoms with van der Waals surface area (Å²) >= 11 is 0. The van der Waals surface area contributed by atoms with E-state index in [4.69, 9.17) is 37.9 Å². The van der Waals surface area contributed by atoms with Gasteiger partial charge in [0.1, 0.15) is 49.2 Å². The molecular formula is C26H30N2O12. The van der Waals surface area contributed by atoms with E-state index in [1.54, 1.807) is 0 Å². The molecule has 1 aliphatic rings. The van der Waals surface area contributed by atoms with Gasteiger partial charge < -0.3 is 37.9 Å². The zero-order valence-electron chi connectivity index (χ0n) is 21.7. The van der Waals surface area contributed by atoms with Crippen LogP contribution >= 0.6 is 0 Å². The number of hydrogen-bond acceptors (Lipinski definition) is 14.